The maximum absolute atomic E-state index is 14.3. The average molecular weight is 772 g/mol. The molecule has 0 radical (unpaired) electrons. The Morgan fingerprint density at radius 1 is 0.772 bits per heavy atom. The van der Waals surface area contributed by atoms with E-state index < -0.39 is 41.8 Å². The normalized spacial score (nSPS) is 18.1. The third-order valence-corrected chi connectivity index (χ3v) is 10.3. The number of quaternary nitrogens is 1. The summed E-state index contributed by atoms with van der Waals surface area (Å²) in [5.74, 6) is -0.913. The van der Waals surface area contributed by atoms with Crippen LogP contribution >= 0.6 is 0 Å². The lowest BCUT2D eigenvalue weighted by Gasteiger charge is -2.26. The number of hydrogen-bond acceptors (Lipinski definition) is 7. The summed E-state index contributed by atoms with van der Waals surface area (Å²) >= 11 is 0. The number of amides is 3. The Morgan fingerprint density at radius 2 is 1.39 bits per heavy atom. The third-order valence-electron chi connectivity index (χ3n) is 10.3. The molecular weight excluding hydrogens is 721 g/mol. The zero-order chi connectivity index (χ0) is 40.3. The molecule has 11 heteroatoms. The SMILES string of the molecule is COc1c2cc3ccccc3c1-c1c(OC)c(cc3ccccc13)CC(NC(C)=O)C(=O)N[C@H](CCCC[NH3+])C(=O)N[C@@H](C(=O)OCc1ccccc1)C/C=C\C2. The number of hydrogen-bond donors (Lipinski definition) is 4. The quantitative estimate of drug-likeness (QED) is 0.0847. The molecule has 5 aromatic rings. The number of nitrogens with one attached hydrogen (secondary N) is 3. The molecule has 3 atom stereocenters. The highest BCUT2D eigenvalue weighted by Gasteiger charge is 2.32. The number of unbranched alkanes of at least 4 members (excludes halogenated alkanes) is 1. The Hall–Kier alpha value is -6.20. The Labute approximate surface area is 332 Å². The highest BCUT2D eigenvalue weighted by atomic mass is 16.5. The lowest BCUT2D eigenvalue weighted by molar-refractivity contribution is -0.368. The van der Waals surface area contributed by atoms with Crippen LogP contribution in [0.1, 0.15) is 49.3 Å². The van der Waals surface area contributed by atoms with E-state index in [9.17, 15) is 19.2 Å². The van der Waals surface area contributed by atoms with E-state index in [-0.39, 0.29) is 19.4 Å². The van der Waals surface area contributed by atoms with E-state index >= 15 is 0 Å². The van der Waals surface area contributed by atoms with Crippen molar-refractivity contribution < 1.29 is 39.1 Å². The van der Waals surface area contributed by atoms with Gasteiger partial charge in [0.25, 0.3) is 0 Å². The van der Waals surface area contributed by atoms with Crippen molar-refractivity contribution in [3.8, 4) is 22.6 Å². The van der Waals surface area contributed by atoms with Gasteiger partial charge in [-0.25, -0.2) is 4.79 Å². The Balaban J connectivity index is 1.52. The van der Waals surface area contributed by atoms with E-state index in [0.29, 0.717) is 42.9 Å². The van der Waals surface area contributed by atoms with Gasteiger partial charge < -0.3 is 35.9 Å². The minimum atomic E-state index is -1.08. The first kappa shape index (κ1) is 40.5. The number of ether oxygens (including phenoxy) is 3. The van der Waals surface area contributed by atoms with Crippen LogP contribution in [0, 0.1) is 0 Å². The molecule has 5 aromatic carbocycles. The molecule has 1 aliphatic heterocycles. The van der Waals surface area contributed by atoms with Crippen LogP contribution in [0.15, 0.2) is 103 Å². The van der Waals surface area contributed by atoms with Gasteiger partial charge in [0.2, 0.25) is 17.7 Å². The summed E-state index contributed by atoms with van der Waals surface area (Å²) < 4.78 is 18.2. The maximum Gasteiger partial charge on any atom is 0.329 e. The minimum Gasteiger partial charge on any atom is -0.496 e. The Morgan fingerprint density at radius 3 is 2.02 bits per heavy atom. The van der Waals surface area contributed by atoms with Crippen molar-refractivity contribution in [2.45, 2.75) is 70.2 Å². The predicted octanol–water partition coefficient (Wildman–Crippen LogP) is 5.35. The summed E-state index contributed by atoms with van der Waals surface area (Å²) in [4.78, 5) is 54.7. The highest BCUT2D eigenvalue weighted by molar-refractivity contribution is 6.11. The number of esters is 1. The van der Waals surface area contributed by atoms with Crippen LogP contribution in [-0.4, -0.2) is 62.6 Å². The topological polar surface area (TPSA) is 160 Å². The second-order valence-electron chi connectivity index (χ2n) is 14.3. The molecule has 0 saturated carbocycles. The second-order valence-corrected chi connectivity index (χ2v) is 14.3. The fourth-order valence-corrected chi connectivity index (χ4v) is 7.54. The van der Waals surface area contributed by atoms with E-state index in [1.54, 1.807) is 14.2 Å². The van der Waals surface area contributed by atoms with Gasteiger partial charge in [0.1, 0.15) is 36.2 Å². The van der Waals surface area contributed by atoms with Gasteiger partial charge in [0.15, 0.2) is 0 Å². The summed E-state index contributed by atoms with van der Waals surface area (Å²) in [7, 11) is 3.24. The van der Waals surface area contributed by atoms with Crippen molar-refractivity contribution in [1.82, 2.24) is 16.0 Å². The van der Waals surface area contributed by atoms with Crippen molar-refractivity contribution in [3.05, 3.63) is 120 Å². The van der Waals surface area contributed by atoms with Crippen LogP contribution in [0.3, 0.4) is 0 Å². The number of carbonyl (C=O) groups is 4. The first-order chi connectivity index (χ1) is 27.7. The van der Waals surface area contributed by atoms with E-state index in [1.165, 1.54) is 6.92 Å². The summed E-state index contributed by atoms with van der Waals surface area (Å²) in [5, 5.41) is 12.4. The van der Waals surface area contributed by atoms with Crippen LogP contribution in [0.25, 0.3) is 32.7 Å². The molecule has 296 valence electrons. The molecule has 3 amide bonds. The molecule has 0 saturated heterocycles. The molecule has 1 heterocycles. The van der Waals surface area contributed by atoms with Crippen LogP contribution < -0.4 is 31.2 Å². The van der Waals surface area contributed by atoms with Crippen molar-refractivity contribution >= 4 is 45.2 Å². The van der Waals surface area contributed by atoms with Gasteiger partial charge in [-0.05, 0) is 82.5 Å². The number of methoxy groups -OCH3 is 2. The van der Waals surface area contributed by atoms with E-state index in [1.807, 2.05) is 84.9 Å². The third kappa shape index (κ3) is 9.61. The van der Waals surface area contributed by atoms with Gasteiger partial charge >= 0.3 is 5.97 Å². The molecule has 0 fully saturated rings. The van der Waals surface area contributed by atoms with Crippen molar-refractivity contribution in [3.63, 3.8) is 0 Å². The molecular formula is C46H51N4O7+. The van der Waals surface area contributed by atoms with Crippen LogP contribution in [0.5, 0.6) is 11.5 Å². The van der Waals surface area contributed by atoms with Crippen molar-refractivity contribution in [2.24, 2.45) is 0 Å². The second kappa shape index (κ2) is 19.1. The number of benzene rings is 5. The fraction of sp³-hybridized carbons (Fsp3) is 0.304. The van der Waals surface area contributed by atoms with Crippen LogP contribution in [-0.2, 0) is 43.4 Å². The molecule has 0 spiro atoms. The largest absolute Gasteiger partial charge is 0.496 e. The van der Waals surface area contributed by atoms with Gasteiger partial charge in [-0.1, -0.05) is 91.0 Å². The number of fused-ring (bicyclic) bond motifs is 9. The first-order valence-corrected chi connectivity index (χ1v) is 19.4. The molecule has 1 unspecified atom stereocenters. The van der Waals surface area contributed by atoms with Gasteiger partial charge in [-0.2, -0.15) is 0 Å². The molecule has 57 heavy (non-hydrogen) atoms. The Kier molecular flexibility index (Phi) is 13.6. The predicted molar refractivity (Wildman–Crippen MR) is 220 cm³/mol. The van der Waals surface area contributed by atoms with Crippen molar-refractivity contribution in [1.29, 1.82) is 0 Å². The molecule has 11 nitrogen and oxygen atoms in total. The van der Waals surface area contributed by atoms with Gasteiger partial charge in [0, 0.05) is 24.5 Å². The van der Waals surface area contributed by atoms with E-state index in [2.05, 4.69) is 39.9 Å². The summed E-state index contributed by atoms with van der Waals surface area (Å²) in [5.41, 5.74) is 7.93. The average Bonchev–Trinajstić information content (AvgIpc) is 3.22. The Bertz CT molecular complexity index is 2270. The van der Waals surface area contributed by atoms with Gasteiger partial charge in [0.05, 0.1) is 20.8 Å². The van der Waals surface area contributed by atoms with Gasteiger partial charge in [-0.3, -0.25) is 14.4 Å². The molecule has 4 bridgehead atoms. The lowest BCUT2D eigenvalue weighted by atomic mass is 9.87. The fourth-order valence-electron chi connectivity index (χ4n) is 7.54. The lowest BCUT2D eigenvalue weighted by Crippen LogP contribution is -2.56. The number of carbonyl (C=O) groups excluding carboxylic acids is 4. The monoisotopic (exact) mass is 771 g/mol. The molecule has 6 N–H and O–H groups in total. The van der Waals surface area contributed by atoms with Gasteiger partial charge in [-0.15, -0.1) is 0 Å². The molecule has 1 aliphatic rings. The summed E-state index contributed by atoms with van der Waals surface area (Å²) in [6, 6.07) is 26.3. The number of rotatable bonds is 10. The van der Waals surface area contributed by atoms with E-state index in [4.69, 9.17) is 14.2 Å². The number of allylic oxidation sites excluding steroid dienone is 1. The maximum atomic E-state index is 14.3. The zero-order valence-corrected chi connectivity index (χ0v) is 32.8. The highest BCUT2D eigenvalue weighted by Crippen LogP contribution is 2.48. The molecule has 0 aliphatic carbocycles. The standard InChI is InChI=1S/C46H50N4O7/c1-29(51)48-39-27-34-26-32-18-8-11-21-36(32)41(43(34)56-3)40-35-20-10-7-17-31(35)25-33(42(40)55-2)19-9-12-23-38(46(54)57-28-30-15-5-4-6-16-30)50-44(52)37(49-45(39)53)22-13-14-24-47/h4-12,15-18,20-21,25-26,37-39H,13-14,19,22-24,27-28,47H2,1-3H3,(H,48,51)(H,49,53)(H,50,52)/p+1/b12-9-/t37-,38-,39?/m1/s1. The summed E-state index contributed by atoms with van der Waals surface area (Å²) in [6.07, 6.45) is 6.09. The molecule has 0 aromatic heterocycles. The first-order valence-electron chi connectivity index (χ1n) is 19.4. The van der Waals surface area contributed by atoms with Crippen LogP contribution in [0.2, 0.25) is 0 Å². The minimum absolute atomic E-state index is 0.0349. The van der Waals surface area contributed by atoms with Crippen molar-refractivity contribution in [2.75, 3.05) is 20.8 Å². The van der Waals surface area contributed by atoms with E-state index in [0.717, 1.165) is 50.2 Å². The smallest absolute Gasteiger partial charge is 0.329 e. The summed E-state index contributed by atoms with van der Waals surface area (Å²) in [6.45, 7) is 2.04. The molecule has 6 rings (SSSR count). The zero-order valence-electron chi connectivity index (χ0n) is 32.8. The van der Waals surface area contributed by atoms with Crippen LogP contribution in [0.4, 0.5) is 0 Å².